The Morgan fingerprint density at radius 3 is 3.23 bits per heavy atom. The number of amides is 1. The second-order valence-electron chi connectivity index (χ2n) is 4.15. The number of nitrogens with zero attached hydrogens (tertiary/aromatic N) is 5. The number of thioether (sulfide) groups is 1. The van der Waals surface area contributed by atoms with Gasteiger partial charge < -0.3 is 4.98 Å². The van der Waals surface area contributed by atoms with E-state index in [4.69, 9.17) is 0 Å². The van der Waals surface area contributed by atoms with Gasteiger partial charge in [0.2, 0.25) is 5.91 Å². The van der Waals surface area contributed by atoms with Crippen LogP contribution >= 0.6 is 11.8 Å². The van der Waals surface area contributed by atoms with Gasteiger partial charge in [0, 0.05) is 18.0 Å². The average molecular weight is 313 g/mol. The van der Waals surface area contributed by atoms with Gasteiger partial charge in [0.05, 0.1) is 18.3 Å². The summed E-state index contributed by atoms with van der Waals surface area (Å²) in [6.07, 6.45) is 7.82. The molecule has 0 unspecified atom stereocenters. The Labute approximate surface area is 129 Å². The predicted molar refractivity (Wildman–Crippen MR) is 82.4 cm³/mol. The van der Waals surface area contributed by atoms with Gasteiger partial charge in [0.25, 0.3) is 0 Å². The number of imidazole rings is 1. The highest BCUT2D eigenvalue weighted by Crippen LogP contribution is 2.21. The molecule has 3 aromatic heterocycles. The molecule has 0 saturated carbocycles. The summed E-state index contributed by atoms with van der Waals surface area (Å²) in [7, 11) is 0. The highest BCUT2D eigenvalue weighted by Gasteiger charge is 2.08. The second kappa shape index (κ2) is 6.76. The lowest BCUT2D eigenvalue weighted by Crippen LogP contribution is -2.19. The number of hydrogen-bond donors (Lipinski definition) is 2. The van der Waals surface area contributed by atoms with Gasteiger partial charge in [-0.05, 0) is 6.07 Å². The number of fused-ring (bicyclic) bond motifs is 1. The van der Waals surface area contributed by atoms with Crippen molar-refractivity contribution in [3.8, 4) is 0 Å². The smallest absolute Gasteiger partial charge is 0.250 e. The first-order valence-corrected chi connectivity index (χ1v) is 7.30. The Balaban J connectivity index is 1.54. The first kappa shape index (κ1) is 14.1. The van der Waals surface area contributed by atoms with E-state index in [2.05, 4.69) is 35.4 Å². The van der Waals surface area contributed by atoms with Gasteiger partial charge >= 0.3 is 0 Å². The molecule has 3 rings (SSSR count). The maximum atomic E-state index is 11.8. The molecule has 0 aliphatic carbocycles. The Morgan fingerprint density at radius 2 is 2.36 bits per heavy atom. The largest absolute Gasteiger partial charge is 0.341 e. The third-order valence-corrected chi connectivity index (χ3v) is 3.60. The molecule has 2 N–H and O–H groups in total. The van der Waals surface area contributed by atoms with Crippen LogP contribution in [0, 0.1) is 0 Å². The lowest BCUT2D eigenvalue weighted by Gasteiger charge is -2.00. The maximum absolute atomic E-state index is 11.8. The topological polar surface area (TPSA) is 109 Å². The number of hydrazone groups is 1. The molecule has 22 heavy (non-hydrogen) atoms. The highest BCUT2D eigenvalue weighted by molar-refractivity contribution is 8.00. The van der Waals surface area contributed by atoms with Crippen molar-refractivity contribution < 1.29 is 4.79 Å². The monoisotopic (exact) mass is 313 g/mol. The zero-order valence-electron chi connectivity index (χ0n) is 11.3. The number of carbonyl (C=O) groups excluding carboxylic acids is 1. The fraction of sp³-hybridized carbons (Fsp3) is 0.0769. The van der Waals surface area contributed by atoms with Crippen LogP contribution in [0.15, 0.2) is 47.3 Å². The van der Waals surface area contributed by atoms with Gasteiger partial charge in [0.1, 0.15) is 16.9 Å². The van der Waals surface area contributed by atoms with E-state index in [-0.39, 0.29) is 11.7 Å². The van der Waals surface area contributed by atoms with Gasteiger partial charge in [-0.15, -0.1) is 0 Å². The van der Waals surface area contributed by atoms with Crippen molar-refractivity contribution in [3.63, 3.8) is 0 Å². The van der Waals surface area contributed by atoms with Crippen molar-refractivity contribution in [2.24, 2.45) is 5.10 Å². The summed E-state index contributed by atoms with van der Waals surface area (Å²) in [6.45, 7) is 0. The summed E-state index contributed by atoms with van der Waals surface area (Å²) in [4.78, 5) is 30.8. The van der Waals surface area contributed by atoms with Gasteiger partial charge in [-0.3, -0.25) is 9.78 Å². The minimum absolute atomic E-state index is 0.190. The van der Waals surface area contributed by atoms with Crippen LogP contribution in [-0.2, 0) is 4.79 Å². The van der Waals surface area contributed by atoms with E-state index in [0.29, 0.717) is 10.7 Å². The van der Waals surface area contributed by atoms with E-state index in [9.17, 15) is 4.79 Å². The van der Waals surface area contributed by atoms with Gasteiger partial charge in [0.15, 0.2) is 5.65 Å². The van der Waals surface area contributed by atoms with Crippen molar-refractivity contribution in [3.05, 3.63) is 42.7 Å². The molecule has 0 saturated heterocycles. The number of aromatic amines is 1. The molecule has 0 bridgehead atoms. The highest BCUT2D eigenvalue weighted by atomic mass is 32.2. The number of H-pyrrole nitrogens is 1. The minimum atomic E-state index is -0.226. The summed E-state index contributed by atoms with van der Waals surface area (Å²) in [5.41, 5.74) is 4.56. The number of nitrogens with one attached hydrogen (secondary N) is 2. The van der Waals surface area contributed by atoms with Crippen LogP contribution in [0.1, 0.15) is 5.56 Å². The van der Waals surface area contributed by atoms with Crippen molar-refractivity contribution in [1.82, 2.24) is 30.3 Å². The lowest BCUT2D eigenvalue weighted by atomic mass is 10.3. The Kier molecular flexibility index (Phi) is 4.35. The molecule has 3 aromatic rings. The van der Waals surface area contributed by atoms with Gasteiger partial charge in [-0.1, -0.05) is 17.8 Å². The van der Waals surface area contributed by atoms with E-state index in [0.717, 1.165) is 11.1 Å². The second-order valence-corrected chi connectivity index (χ2v) is 5.11. The Hall–Kier alpha value is -2.81. The molecular formula is C13H11N7OS. The first-order chi connectivity index (χ1) is 10.8. The average Bonchev–Trinajstić information content (AvgIpc) is 3.03. The van der Waals surface area contributed by atoms with Crippen LogP contribution in [-0.4, -0.2) is 42.8 Å². The van der Waals surface area contributed by atoms with Crippen molar-refractivity contribution >= 4 is 35.0 Å². The quantitative estimate of drug-likeness (QED) is 0.315. The zero-order chi connectivity index (χ0) is 15.2. The molecule has 110 valence electrons. The Morgan fingerprint density at radius 1 is 1.41 bits per heavy atom. The van der Waals surface area contributed by atoms with E-state index in [1.54, 1.807) is 24.8 Å². The number of hydrogen-bond acceptors (Lipinski definition) is 7. The number of carbonyl (C=O) groups is 1. The fourth-order valence-electron chi connectivity index (χ4n) is 1.65. The molecule has 8 nitrogen and oxygen atoms in total. The SMILES string of the molecule is O=C(CSc1ncnc2nc[nH]c12)N/N=C/c1cccnc1. The van der Waals surface area contributed by atoms with Crippen LogP contribution in [0.5, 0.6) is 0 Å². The molecule has 0 aliphatic rings. The number of pyridine rings is 1. The Bertz CT molecular complexity index is 802. The van der Waals surface area contributed by atoms with Crippen molar-refractivity contribution in [1.29, 1.82) is 0 Å². The van der Waals surface area contributed by atoms with Crippen LogP contribution in [0.2, 0.25) is 0 Å². The molecule has 9 heteroatoms. The molecule has 0 fully saturated rings. The molecule has 0 radical (unpaired) electrons. The molecule has 0 aliphatic heterocycles. The third kappa shape index (κ3) is 3.44. The summed E-state index contributed by atoms with van der Waals surface area (Å²) in [5.74, 6) is -0.0355. The number of aromatic nitrogens is 5. The van der Waals surface area contributed by atoms with Crippen LogP contribution in [0.3, 0.4) is 0 Å². The fourth-order valence-corrected chi connectivity index (χ4v) is 2.40. The van der Waals surface area contributed by atoms with E-state index in [1.165, 1.54) is 24.3 Å². The van der Waals surface area contributed by atoms with Crippen LogP contribution in [0.4, 0.5) is 0 Å². The normalized spacial score (nSPS) is 11.1. The zero-order valence-corrected chi connectivity index (χ0v) is 12.1. The summed E-state index contributed by atoms with van der Waals surface area (Å²) < 4.78 is 0. The molecule has 0 spiro atoms. The van der Waals surface area contributed by atoms with Gasteiger partial charge in [-0.2, -0.15) is 5.10 Å². The van der Waals surface area contributed by atoms with Crippen LogP contribution in [0.25, 0.3) is 11.2 Å². The van der Waals surface area contributed by atoms with Crippen molar-refractivity contribution in [2.45, 2.75) is 5.03 Å². The molecular weight excluding hydrogens is 302 g/mol. The predicted octanol–water partition coefficient (Wildman–Crippen LogP) is 0.990. The minimum Gasteiger partial charge on any atom is -0.341 e. The summed E-state index contributed by atoms with van der Waals surface area (Å²) in [6, 6.07) is 3.64. The summed E-state index contributed by atoms with van der Waals surface area (Å²) >= 11 is 1.29. The first-order valence-electron chi connectivity index (χ1n) is 6.32. The molecule has 1 amide bonds. The van der Waals surface area contributed by atoms with Crippen molar-refractivity contribution in [2.75, 3.05) is 5.75 Å². The van der Waals surface area contributed by atoms with E-state index >= 15 is 0 Å². The van der Waals surface area contributed by atoms with Crippen LogP contribution < -0.4 is 5.43 Å². The van der Waals surface area contributed by atoms with E-state index in [1.807, 2.05) is 6.07 Å². The molecule has 3 heterocycles. The number of rotatable bonds is 5. The summed E-state index contributed by atoms with van der Waals surface area (Å²) in [5, 5.41) is 4.55. The third-order valence-electron chi connectivity index (χ3n) is 2.62. The maximum Gasteiger partial charge on any atom is 0.250 e. The molecule has 0 atom stereocenters. The standard InChI is InChI=1S/C13H11N7OS/c21-10(20-19-5-9-2-1-3-14-4-9)6-22-13-11-12(16-7-15-11)17-8-18-13/h1-5,7-8H,6H2,(H,20,21)(H,15,16,17,18)/b19-5+. The molecule has 0 aromatic carbocycles. The van der Waals surface area contributed by atoms with E-state index < -0.39 is 0 Å². The lowest BCUT2D eigenvalue weighted by molar-refractivity contribution is -0.118. The van der Waals surface area contributed by atoms with Gasteiger partial charge in [-0.25, -0.2) is 20.4 Å².